The summed E-state index contributed by atoms with van der Waals surface area (Å²) in [7, 11) is 1.18. The summed E-state index contributed by atoms with van der Waals surface area (Å²) in [4.78, 5) is 15.4. The molecule has 1 rings (SSSR count). The fraction of sp³-hybridized carbons (Fsp3) is 0.538. The lowest BCUT2D eigenvalue weighted by atomic mass is 10.1. The van der Waals surface area contributed by atoms with Crippen LogP contribution in [-0.4, -0.2) is 24.6 Å². The SMILES string of the molecule is COC(=O)C(NCC(C)C)c1ncc(C(F)(F)F)cc1Cl. The van der Waals surface area contributed by atoms with Crippen LogP contribution in [0, 0.1) is 5.92 Å². The number of ether oxygens (including phenoxy) is 1. The van der Waals surface area contributed by atoms with Crippen LogP contribution in [0.25, 0.3) is 0 Å². The van der Waals surface area contributed by atoms with Crippen LogP contribution in [-0.2, 0) is 15.7 Å². The number of nitrogens with one attached hydrogen (secondary N) is 1. The van der Waals surface area contributed by atoms with Crippen molar-refractivity contribution >= 4 is 17.6 Å². The number of pyridine rings is 1. The maximum Gasteiger partial charge on any atom is 0.417 e. The standard InChI is InChI=1S/C13H16ClF3N2O2/c1-7(2)5-18-11(12(20)21-3)10-9(14)4-8(6-19-10)13(15,16)17/h4,6-7,11,18H,5H2,1-3H3. The summed E-state index contributed by atoms with van der Waals surface area (Å²) < 4.78 is 42.3. The number of hydrogen-bond acceptors (Lipinski definition) is 4. The Bertz CT molecular complexity index is 507. The summed E-state index contributed by atoms with van der Waals surface area (Å²) in [5, 5.41) is 2.64. The maximum atomic E-state index is 12.6. The lowest BCUT2D eigenvalue weighted by molar-refractivity contribution is -0.143. The molecule has 0 aliphatic heterocycles. The number of carbonyl (C=O) groups excluding carboxylic acids is 1. The predicted octanol–water partition coefficient (Wildman–Crippen LogP) is 3.21. The first-order valence-corrected chi connectivity index (χ1v) is 6.58. The normalized spacial score (nSPS) is 13.3. The summed E-state index contributed by atoms with van der Waals surface area (Å²) in [5.41, 5.74) is -0.958. The van der Waals surface area contributed by atoms with E-state index < -0.39 is 23.8 Å². The first kappa shape index (κ1) is 17.7. The second-order valence-corrected chi connectivity index (χ2v) is 5.25. The van der Waals surface area contributed by atoms with Crippen molar-refractivity contribution in [2.24, 2.45) is 5.92 Å². The zero-order valence-electron chi connectivity index (χ0n) is 11.8. The third-order valence-electron chi connectivity index (χ3n) is 2.64. The van der Waals surface area contributed by atoms with Gasteiger partial charge in [-0.1, -0.05) is 25.4 Å². The Balaban J connectivity index is 3.10. The number of methoxy groups -OCH3 is 1. The van der Waals surface area contributed by atoms with E-state index in [0.717, 1.165) is 6.07 Å². The van der Waals surface area contributed by atoms with Gasteiger partial charge < -0.3 is 4.74 Å². The van der Waals surface area contributed by atoms with E-state index in [1.165, 1.54) is 7.11 Å². The molecule has 0 aliphatic rings. The highest BCUT2D eigenvalue weighted by Crippen LogP contribution is 2.32. The second kappa shape index (κ2) is 7.09. The van der Waals surface area contributed by atoms with Gasteiger partial charge in [0.25, 0.3) is 0 Å². The van der Waals surface area contributed by atoms with Crippen LogP contribution >= 0.6 is 11.6 Å². The molecule has 0 bridgehead atoms. The van der Waals surface area contributed by atoms with Crippen molar-refractivity contribution in [2.75, 3.05) is 13.7 Å². The zero-order chi connectivity index (χ0) is 16.2. The molecule has 1 aromatic heterocycles. The molecule has 0 amide bonds. The maximum absolute atomic E-state index is 12.6. The van der Waals surface area contributed by atoms with Gasteiger partial charge in [0.05, 0.1) is 23.4 Å². The molecule has 21 heavy (non-hydrogen) atoms. The van der Waals surface area contributed by atoms with E-state index >= 15 is 0 Å². The highest BCUT2D eigenvalue weighted by atomic mass is 35.5. The molecule has 8 heteroatoms. The van der Waals surface area contributed by atoms with E-state index in [-0.39, 0.29) is 16.6 Å². The number of nitrogens with zero attached hydrogens (tertiary/aromatic N) is 1. The van der Waals surface area contributed by atoms with Crippen LogP contribution in [0.4, 0.5) is 13.2 Å². The van der Waals surface area contributed by atoms with Crippen molar-refractivity contribution < 1.29 is 22.7 Å². The van der Waals surface area contributed by atoms with Gasteiger partial charge in [0.15, 0.2) is 6.04 Å². The lowest BCUT2D eigenvalue weighted by Gasteiger charge is -2.19. The molecule has 0 aliphatic carbocycles. The minimum atomic E-state index is -4.54. The molecule has 1 unspecified atom stereocenters. The van der Waals surface area contributed by atoms with Crippen LogP contribution < -0.4 is 5.32 Å². The van der Waals surface area contributed by atoms with Gasteiger partial charge >= 0.3 is 12.1 Å². The molecule has 4 nitrogen and oxygen atoms in total. The largest absolute Gasteiger partial charge is 0.468 e. The van der Waals surface area contributed by atoms with Gasteiger partial charge in [0.2, 0.25) is 0 Å². The average molecular weight is 325 g/mol. The molecule has 1 N–H and O–H groups in total. The number of aromatic nitrogens is 1. The molecule has 0 fully saturated rings. The van der Waals surface area contributed by atoms with Crippen molar-refractivity contribution in [1.29, 1.82) is 0 Å². The minimum absolute atomic E-state index is 0.0113. The van der Waals surface area contributed by atoms with E-state index in [2.05, 4.69) is 15.0 Å². The molecule has 0 saturated carbocycles. The van der Waals surface area contributed by atoms with Gasteiger partial charge in [-0.15, -0.1) is 0 Å². The average Bonchev–Trinajstić information content (AvgIpc) is 2.38. The second-order valence-electron chi connectivity index (χ2n) is 4.85. The summed E-state index contributed by atoms with van der Waals surface area (Å²) in [6.07, 6.45) is -3.89. The first-order valence-electron chi connectivity index (χ1n) is 6.20. The van der Waals surface area contributed by atoms with E-state index in [1.807, 2.05) is 13.8 Å². The molecule has 0 saturated heterocycles. The van der Waals surface area contributed by atoms with Gasteiger partial charge in [-0.05, 0) is 18.5 Å². The number of alkyl halides is 3. The van der Waals surface area contributed by atoms with Gasteiger partial charge in [-0.25, -0.2) is 4.79 Å². The Morgan fingerprint density at radius 3 is 2.52 bits per heavy atom. The summed E-state index contributed by atoms with van der Waals surface area (Å²) in [6, 6.07) is -0.260. The first-order chi connectivity index (χ1) is 9.66. The molecule has 1 aromatic rings. The van der Waals surface area contributed by atoms with Crippen molar-refractivity contribution in [3.8, 4) is 0 Å². The van der Waals surface area contributed by atoms with Gasteiger partial charge in [0, 0.05) is 6.20 Å². The molecular formula is C13H16ClF3N2O2. The number of esters is 1. The highest BCUT2D eigenvalue weighted by molar-refractivity contribution is 6.31. The smallest absolute Gasteiger partial charge is 0.417 e. The van der Waals surface area contributed by atoms with E-state index in [9.17, 15) is 18.0 Å². The Labute approximate surface area is 125 Å². The molecule has 118 valence electrons. The van der Waals surface area contributed by atoms with E-state index in [4.69, 9.17) is 11.6 Å². The van der Waals surface area contributed by atoms with Crippen molar-refractivity contribution in [3.63, 3.8) is 0 Å². The van der Waals surface area contributed by atoms with Gasteiger partial charge in [-0.3, -0.25) is 10.3 Å². The van der Waals surface area contributed by atoms with Gasteiger partial charge in [-0.2, -0.15) is 13.2 Å². The quantitative estimate of drug-likeness (QED) is 0.845. The summed E-state index contributed by atoms with van der Waals surface area (Å²) in [6.45, 7) is 4.30. The molecule has 1 heterocycles. The predicted molar refractivity (Wildman–Crippen MR) is 71.8 cm³/mol. The monoisotopic (exact) mass is 324 g/mol. The van der Waals surface area contributed by atoms with Crippen molar-refractivity contribution in [1.82, 2.24) is 10.3 Å². The third-order valence-corrected chi connectivity index (χ3v) is 2.94. The van der Waals surface area contributed by atoms with Gasteiger partial charge in [0.1, 0.15) is 0 Å². The lowest BCUT2D eigenvalue weighted by Crippen LogP contribution is -2.33. The zero-order valence-corrected chi connectivity index (χ0v) is 12.5. The number of rotatable bonds is 5. The number of halogens is 4. The third kappa shape index (κ3) is 4.86. The number of carbonyl (C=O) groups is 1. The minimum Gasteiger partial charge on any atom is -0.468 e. The Kier molecular flexibility index (Phi) is 5.98. The Morgan fingerprint density at radius 2 is 2.10 bits per heavy atom. The van der Waals surface area contributed by atoms with Crippen LogP contribution in [0.5, 0.6) is 0 Å². The van der Waals surface area contributed by atoms with Crippen LogP contribution in [0.2, 0.25) is 5.02 Å². The van der Waals surface area contributed by atoms with Crippen molar-refractivity contribution in [3.05, 3.63) is 28.5 Å². The Hall–Kier alpha value is -1.34. The van der Waals surface area contributed by atoms with E-state index in [0.29, 0.717) is 12.7 Å². The molecular weight excluding hydrogens is 309 g/mol. The van der Waals surface area contributed by atoms with E-state index in [1.54, 1.807) is 0 Å². The number of hydrogen-bond donors (Lipinski definition) is 1. The molecule has 1 atom stereocenters. The topological polar surface area (TPSA) is 51.2 Å². The van der Waals surface area contributed by atoms with Crippen molar-refractivity contribution in [2.45, 2.75) is 26.1 Å². The van der Waals surface area contributed by atoms with Crippen LogP contribution in [0.15, 0.2) is 12.3 Å². The summed E-state index contributed by atoms with van der Waals surface area (Å²) in [5.74, 6) is -0.435. The fourth-order valence-electron chi connectivity index (χ4n) is 1.58. The Morgan fingerprint density at radius 1 is 1.48 bits per heavy atom. The molecule has 0 aromatic carbocycles. The van der Waals surface area contributed by atoms with Crippen LogP contribution in [0.3, 0.4) is 0 Å². The van der Waals surface area contributed by atoms with Crippen LogP contribution in [0.1, 0.15) is 31.1 Å². The fourth-order valence-corrected chi connectivity index (χ4v) is 1.85. The molecule has 0 radical (unpaired) electrons. The molecule has 0 spiro atoms. The highest BCUT2D eigenvalue weighted by Gasteiger charge is 2.33. The summed E-state index contributed by atoms with van der Waals surface area (Å²) >= 11 is 5.84.